The summed E-state index contributed by atoms with van der Waals surface area (Å²) in [5, 5.41) is 0. The van der Waals surface area contributed by atoms with Crippen LogP contribution in [0.5, 0.6) is 5.75 Å². The van der Waals surface area contributed by atoms with Gasteiger partial charge < -0.3 is 4.74 Å². The maximum Gasteiger partial charge on any atom is 0.264 e. The molecule has 1 aliphatic rings. The average Bonchev–Trinajstić information content (AvgIpc) is 2.82. The highest BCUT2D eigenvalue weighted by Gasteiger charge is 2.34. The molecule has 32 heavy (non-hydrogen) atoms. The SMILES string of the molecule is COc1ccccc1CN1CCC(N(c2ccc(F)cc2)S(=O)(=O)c2ccccc2)CC1. The molecule has 0 atom stereocenters. The number of nitrogens with zero attached hydrogens (tertiary/aromatic N) is 2. The molecule has 0 radical (unpaired) electrons. The molecule has 168 valence electrons. The van der Waals surface area contributed by atoms with Crippen molar-refractivity contribution in [2.24, 2.45) is 0 Å². The summed E-state index contributed by atoms with van der Waals surface area (Å²) in [7, 11) is -2.11. The lowest BCUT2D eigenvalue weighted by Gasteiger charge is -2.39. The standard InChI is InChI=1S/C25H27FN2O3S/c1-31-25-10-6-5-7-20(25)19-27-17-15-23(16-18-27)28(22-13-11-21(26)12-14-22)32(29,30)24-8-3-2-4-9-24/h2-14,23H,15-19H2,1H3. The molecule has 3 aromatic carbocycles. The summed E-state index contributed by atoms with van der Waals surface area (Å²) in [6.07, 6.45) is 1.36. The Balaban J connectivity index is 1.56. The Kier molecular flexibility index (Phi) is 6.77. The average molecular weight is 455 g/mol. The van der Waals surface area contributed by atoms with E-state index in [1.54, 1.807) is 37.4 Å². The summed E-state index contributed by atoms with van der Waals surface area (Å²) in [6.45, 7) is 2.26. The predicted octanol–water partition coefficient (Wildman–Crippen LogP) is 4.69. The van der Waals surface area contributed by atoms with Crippen LogP contribution in [-0.4, -0.2) is 39.6 Å². The molecule has 1 fully saturated rings. The van der Waals surface area contributed by atoms with Crippen LogP contribution in [0.15, 0.2) is 83.8 Å². The molecule has 0 N–H and O–H groups in total. The molecule has 1 aliphatic heterocycles. The number of rotatable bonds is 7. The van der Waals surface area contributed by atoms with Crippen molar-refractivity contribution in [2.45, 2.75) is 30.3 Å². The van der Waals surface area contributed by atoms with Crippen molar-refractivity contribution in [1.82, 2.24) is 4.90 Å². The number of hydrogen-bond acceptors (Lipinski definition) is 4. The Morgan fingerprint density at radius 3 is 2.22 bits per heavy atom. The van der Waals surface area contributed by atoms with E-state index in [1.807, 2.05) is 18.2 Å². The first kappa shape index (κ1) is 22.3. The Labute approximate surface area is 189 Å². The van der Waals surface area contributed by atoms with Crippen molar-refractivity contribution in [3.05, 3.63) is 90.2 Å². The summed E-state index contributed by atoms with van der Waals surface area (Å²) in [6, 6.07) is 21.8. The second kappa shape index (κ2) is 9.71. The minimum atomic E-state index is -3.78. The van der Waals surface area contributed by atoms with Gasteiger partial charge in [0.1, 0.15) is 11.6 Å². The number of methoxy groups -OCH3 is 1. The lowest BCUT2D eigenvalue weighted by molar-refractivity contribution is 0.204. The quantitative estimate of drug-likeness (QED) is 0.520. The topological polar surface area (TPSA) is 49.9 Å². The molecule has 1 heterocycles. The molecule has 0 bridgehead atoms. The molecule has 0 spiro atoms. The smallest absolute Gasteiger partial charge is 0.264 e. The number of ether oxygens (including phenoxy) is 1. The Bertz CT molecular complexity index is 1130. The number of piperidine rings is 1. The predicted molar refractivity (Wildman–Crippen MR) is 124 cm³/mol. The molecule has 0 amide bonds. The molecular weight excluding hydrogens is 427 g/mol. The van der Waals surface area contributed by atoms with Gasteiger partial charge in [-0.3, -0.25) is 9.21 Å². The molecule has 0 aliphatic carbocycles. The minimum absolute atomic E-state index is 0.209. The van der Waals surface area contributed by atoms with E-state index in [-0.39, 0.29) is 10.9 Å². The Morgan fingerprint density at radius 1 is 0.938 bits per heavy atom. The first-order chi connectivity index (χ1) is 15.5. The lowest BCUT2D eigenvalue weighted by atomic mass is 10.0. The van der Waals surface area contributed by atoms with Crippen molar-refractivity contribution < 1.29 is 17.5 Å². The number of sulfonamides is 1. The van der Waals surface area contributed by atoms with Crippen LogP contribution < -0.4 is 9.04 Å². The fourth-order valence-corrected chi connectivity index (χ4v) is 5.96. The number of hydrogen-bond donors (Lipinski definition) is 0. The van der Waals surface area contributed by atoms with Crippen molar-refractivity contribution in [3.8, 4) is 5.75 Å². The highest BCUT2D eigenvalue weighted by Crippen LogP contribution is 2.31. The molecule has 4 rings (SSSR count). The van der Waals surface area contributed by atoms with Gasteiger partial charge in [-0.2, -0.15) is 0 Å². The Hall–Kier alpha value is -2.90. The van der Waals surface area contributed by atoms with E-state index in [0.29, 0.717) is 18.5 Å². The second-order valence-electron chi connectivity index (χ2n) is 7.91. The third-order valence-electron chi connectivity index (χ3n) is 5.86. The van der Waals surface area contributed by atoms with E-state index in [1.165, 1.54) is 28.6 Å². The highest BCUT2D eigenvalue weighted by atomic mass is 32.2. The number of likely N-dealkylation sites (tertiary alicyclic amines) is 1. The van der Waals surface area contributed by atoms with Crippen molar-refractivity contribution >= 4 is 15.7 Å². The van der Waals surface area contributed by atoms with Gasteiger partial charge in [-0.05, 0) is 55.3 Å². The van der Waals surface area contributed by atoms with Crippen LogP contribution in [0.4, 0.5) is 10.1 Å². The van der Waals surface area contributed by atoms with E-state index in [2.05, 4.69) is 11.0 Å². The number of halogens is 1. The van der Waals surface area contributed by atoms with Gasteiger partial charge in [-0.25, -0.2) is 12.8 Å². The summed E-state index contributed by atoms with van der Waals surface area (Å²) in [5.41, 5.74) is 1.60. The molecular formula is C25H27FN2O3S. The number of para-hydroxylation sites is 1. The Morgan fingerprint density at radius 2 is 1.56 bits per heavy atom. The molecule has 1 saturated heterocycles. The van der Waals surface area contributed by atoms with E-state index in [9.17, 15) is 12.8 Å². The van der Waals surface area contributed by atoms with Gasteiger partial charge in [0.15, 0.2) is 0 Å². The summed E-state index contributed by atoms with van der Waals surface area (Å²) < 4.78 is 47.6. The third kappa shape index (κ3) is 4.79. The largest absolute Gasteiger partial charge is 0.496 e. The van der Waals surface area contributed by atoms with E-state index in [4.69, 9.17) is 4.74 Å². The van der Waals surface area contributed by atoms with Gasteiger partial charge in [-0.15, -0.1) is 0 Å². The lowest BCUT2D eigenvalue weighted by Crippen LogP contribution is -2.47. The van der Waals surface area contributed by atoms with E-state index < -0.39 is 15.8 Å². The van der Waals surface area contributed by atoms with Crippen molar-refractivity contribution in [2.75, 3.05) is 24.5 Å². The normalized spacial score (nSPS) is 15.4. The maximum absolute atomic E-state index is 13.6. The fourth-order valence-electron chi connectivity index (χ4n) is 4.23. The molecule has 0 aromatic heterocycles. The van der Waals surface area contributed by atoms with Gasteiger partial charge in [0.05, 0.1) is 17.7 Å². The van der Waals surface area contributed by atoms with Crippen LogP contribution in [-0.2, 0) is 16.6 Å². The van der Waals surface area contributed by atoms with Crippen LogP contribution in [0.1, 0.15) is 18.4 Å². The van der Waals surface area contributed by atoms with Gasteiger partial charge in [-0.1, -0.05) is 36.4 Å². The first-order valence-corrected chi connectivity index (χ1v) is 12.1. The zero-order chi connectivity index (χ0) is 22.6. The second-order valence-corrected chi connectivity index (χ2v) is 9.72. The van der Waals surface area contributed by atoms with Crippen molar-refractivity contribution in [1.29, 1.82) is 0 Å². The number of anilines is 1. The number of benzene rings is 3. The van der Waals surface area contributed by atoms with Crippen LogP contribution >= 0.6 is 0 Å². The molecule has 7 heteroatoms. The van der Waals surface area contributed by atoms with Gasteiger partial charge in [0, 0.05) is 31.2 Å². The van der Waals surface area contributed by atoms with Crippen LogP contribution in [0.2, 0.25) is 0 Å². The zero-order valence-corrected chi connectivity index (χ0v) is 18.8. The molecule has 0 unspecified atom stereocenters. The molecule has 3 aromatic rings. The van der Waals surface area contributed by atoms with Gasteiger partial charge in [0.2, 0.25) is 0 Å². The van der Waals surface area contributed by atoms with Gasteiger partial charge >= 0.3 is 0 Å². The van der Waals surface area contributed by atoms with Crippen LogP contribution in [0.25, 0.3) is 0 Å². The minimum Gasteiger partial charge on any atom is -0.496 e. The summed E-state index contributed by atoms with van der Waals surface area (Å²) in [4.78, 5) is 2.55. The van der Waals surface area contributed by atoms with Gasteiger partial charge in [0.25, 0.3) is 10.0 Å². The van der Waals surface area contributed by atoms with Crippen LogP contribution in [0, 0.1) is 5.82 Å². The van der Waals surface area contributed by atoms with E-state index in [0.717, 1.165) is 30.9 Å². The summed E-state index contributed by atoms with van der Waals surface area (Å²) >= 11 is 0. The van der Waals surface area contributed by atoms with Crippen molar-refractivity contribution in [3.63, 3.8) is 0 Å². The third-order valence-corrected chi connectivity index (χ3v) is 7.75. The fraction of sp³-hybridized carbons (Fsp3) is 0.280. The molecule has 0 saturated carbocycles. The van der Waals surface area contributed by atoms with E-state index >= 15 is 0 Å². The summed E-state index contributed by atoms with van der Waals surface area (Å²) in [5.74, 6) is 0.464. The first-order valence-electron chi connectivity index (χ1n) is 10.7. The maximum atomic E-state index is 13.6. The highest BCUT2D eigenvalue weighted by molar-refractivity contribution is 7.92. The monoisotopic (exact) mass is 454 g/mol. The molecule has 5 nitrogen and oxygen atoms in total. The zero-order valence-electron chi connectivity index (χ0n) is 18.0. The van der Waals surface area contributed by atoms with Crippen LogP contribution in [0.3, 0.4) is 0 Å².